The van der Waals surface area contributed by atoms with Gasteiger partial charge < -0.3 is 13.4 Å². The van der Waals surface area contributed by atoms with Gasteiger partial charge in [-0.25, -0.2) is 0 Å². The Morgan fingerprint density at radius 2 is 0.753 bits per heavy atom. The molecule has 7 aromatic rings. The molecule has 538 valence electrons. The van der Waals surface area contributed by atoms with Gasteiger partial charge in [-0.3, -0.25) is 15.0 Å². The quantitative estimate of drug-likeness (QED) is 0.149. The van der Waals surface area contributed by atoms with Crippen LogP contribution in [0.2, 0.25) is 0 Å². The number of furan rings is 2. The van der Waals surface area contributed by atoms with Crippen LogP contribution in [0.15, 0.2) is 167 Å². The van der Waals surface area contributed by atoms with E-state index in [9.17, 15) is 0 Å². The Kier molecular flexibility index (Phi) is 65.7. The molecular weight excluding hydrogens is 1140 g/mol. The molecule has 0 N–H and O–H groups in total. The van der Waals surface area contributed by atoms with E-state index >= 15 is 0 Å². The normalized spacial score (nSPS) is 11.4. The topological polar surface area (TPSA) is 91.0 Å². The molecule has 7 nitrogen and oxygen atoms in total. The number of aromatic nitrogens is 4. The van der Waals surface area contributed by atoms with E-state index in [0.717, 1.165) is 22.9 Å². The lowest BCUT2D eigenvalue weighted by atomic mass is 9.72. The zero-order valence-electron chi connectivity index (χ0n) is 69.1. The van der Waals surface area contributed by atoms with E-state index in [2.05, 4.69) is 241 Å². The first-order valence-corrected chi connectivity index (χ1v) is 36.1. The van der Waals surface area contributed by atoms with Gasteiger partial charge in [-0.05, 0) is 122 Å². The van der Waals surface area contributed by atoms with Crippen molar-refractivity contribution in [1.82, 2.24) is 20.1 Å². The highest BCUT2D eigenvalue weighted by atomic mass is 16.5. The van der Waals surface area contributed by atoms with Crippen LogP contribution >= 0.6 is 0 Å². The van der Waals surface area contributed by atoms with Crippen LogP contribution in [0.5, 0.6) is 0 Å². The van der Waals surface area contributed by atoms with E-state index in [-0.39, 0.29) is 32.5 Å². The molecule has 1 aliphatic carbocycles. The third kappa shape index (κ3) is 57.6. The zero-order valence-corrected chi connectivity index (χ0v) is 69.1. The minimum Gasteiger partial charge on any atom is -0.472 e. The fourth-order valence-electron chi connectivity index (χ4n) is 7.34. The number of hydrogen-bond acceptors (Lipinski definition) is 7. The lowest BCUT2D eigenvalue weighted by Crippen LogP contribution is -2.22. The maximum atomic E-state index is 5.20. The SMILES string of the molecule is CC.CC.CC.CC.CC.CC.CC.CC.CC(C)(C)C1CCCCC1.CC(C)(C)c1ccccc1.CC(C)(C)c1ccccn1.CC(C)(C)c1cccnc1.CC(C)(C)c1ccco1.CC(C)(C)c1ccncc1.CC(C)(C)c1ccoc1.CC(C)(C)c1cnoc1. The van der Waals surface area contributed by atoms with Gasteiger partial charge in [-0.2, -0.15) is 0 Å². The maximum Gasteiger partial charge on any atom is 0.127 e. The largest absolute Gasteiger partial charge is 0.472 e. The zero-order chi connectivity index (χ0) is 74.8. The lowest BCUT2D eigenvalue weighted by molar-refractivity contribution is 0.180. The Morgan fingerprint density at radius 3 is 0.978 bits per heavy atom. The van der Waals surface area contributed by atoms with Crippen LogP contribution in [0.3, 0.4) is 0 Å². The molecule has 0 amide bonds. The number of hydrogen-bond donors (Lipinski definition) is 0. The average Bonchev–Trinajstić information content (AvgIpc) is 2.91. The molecule has 1 aromatic carbocycles. The van der Waals surface area contributed by atoms with Crippen molar-refractivity contribution in [2.45, 2.75) is 347 Å². The number of nitrogens with zero attached hydrogens (tertiary/aromatic N) is 4. The van der Waals surface area contributed by atoms with E-state index in [0.29, 0.717) is 10.8 Å². The minimum absolute atomic E-state index is 0.156. The van der Waals surface area contributed by atoms with Crippen molar-refractivity contribution in [3.63, 3.8) is 0 Å². The molecule has 0 saturated heterocycles. The average molecular weight is 1290 g/mol. The van der Waals surface area contributed by atoms with Crippen LogP contribution in [0.25, 0.3) is 0 Å². The van der Waals surface area contributed by atoms with Gasteiger partial charge in [0.05, 0.1) is 25.0 Å². The van der Waals surface area contributed by atoms with Gasteiger partial charge in [0.25, 0.3) is 0 Å². The van der Waals surface area contributed by atoms with E-state index in [4.69, 9.17) is 13.4 Å². The molecule has 8 rings (SSSR count). The molecule has 6 heterocycles. The van der Waals surface area contributed by atoms with Crippen molar-refractivity contribution in [3.05, 3.63) is 193 Å². The van der Waals surface area contributed by atoms with Crippen molar-refractivity contribution in [2.75, 3.05) is 0 Å². The number of benzene rings is 1. The molecule has 0 spiro atoms. The molecular formula is C86H156N4O3. The van der Waals surface area contributed by atoms with Crippen LogP contribution in [0, 0.1) is 11.3 Å². The van der Waals surface area contributed by atoms with Gasteiger partial charge in [0.1, 0.15) is 12.0 Å². The van der Waals surface area contributed by atoms with Crippen LogP contribution in [0.4, 0.5) is 0 Å². The highest BCUT2D eigenvalue weighted by Crippen LogP contribution is 2.37. The number of pyridine rings is 3. The van der Waals surface area contributed by atoms with Crippen LogP contribution in [-0.2, 0) is 37.9 Å². The predicted octanol–water partition coefficient (Wildman–Crippen LogP) is 29.1. The summed E-state index contributed by atoms with van der Waals surface area (Å²) in [6.07, 6.45) is 25.2. The predicted molar refractivity (Wildman–Crippen MR) is 421 cm³/mol. The van der Waals surface area contributed by atoms with Crippen molar-refractivity contribution in [3.8, 4) is 0 Å². The summed E-state index contributed by atoms with van der Waals surface area (Å²) in [5.41, 5.74) is 9.64. The highest BCUT2D eigenvalue weighted by Gasteiger charge is 2.25. The lowest BCUT2D eigenvalue weighted by Gasteiger charge is -2.33. The highest BCUT2D eigenvalue weighted by molar-refractivity contribution is 5.23. The van der Waals surface area contributed by atoms with Gasteiger partial charge in [-0.15, -0.1) is 0 Å². The van der Waals surface area contributed by atoms with Crippen molar-refractivity contribution in [2.24, 2.45) is 11.3 Å². The van der Waals surface area contributed by atoms with E-state index in [1.54, 1.807) is 37.4 Å². The summed E-state index contributed by atoms with van der Waals surface area (Å²) in [5, 5.41) is 3.61. The summed E-state index contributed by atoms with van der Waals surface area (Å²) in [5.74, 6) is 2.05. The van der Waals surface area contributed by atoms with Crippen molar-refractivity contribution in [1.29, 1.82) is 0 Å². The van der Waals surface area contributed by atoms with E-state index < -0.39 is 0 Å². The molecule has 0 radical (unpaired) electrons. The second-order valence-electron chi connectivity index (χ2n) is 28.4. The smallest absolute Gasteiger partial charge is 0.127 e. The van der Waals surface area contributed by atoms with Gasteiger partial charge in [-0.1, -0.05) is 344 Å². The van der Waals surface area contributed by atoms with E-state index in [1.165, 1.54) is 54.4 Å². The Bertz CT molecular complexity index is 2150. The number of rotatable bonds is 0. The van der Waals surface area contributed by atoms with Crippen LogP contribution < -0.4 is 0 Å². The van der Waals surface area contributed by atoms with Crippen LogP contribution in [-0.4, -0.2) is 20.1 Å². The monoisotopic (exact) mass is 1290 g/mol. The van der Waals surface area contributed by atoms with Gasteiger partial charge >= 0.3 is 0 Å². The minimum atomic E-state index is 0.156. The summed E-state index contributed by atoms with van der Waals surface area (Å²) in [7, 11) is 0. The first-order chi connectivity index (χ1) is 43.3. The first kappa shape index (κ1) is 104. The molecule has 1 fully saturated rings. The van der Waals surface area contributed by atoms with Crippen molar-refractivity contribution >= 4 is 0 Å². The van der Waals surface area contributed by atoms with E-state index in [1.807, 2.05) is 172 Å². The molecule has 0 unspecified atom stereocenters. The summed E-state index contributed by atoms with van der Waals surface area (Å²) in [6, 6.07) is 30.7. The van der Waals surface area contributed by atoms with Crippen molar-refractivity contribution < 1.29 is 13.4 Å². The van der Waals surface area contributed by atoms with Gasteiger partial charge in [0.15, 0.2) is 0 Å². The Labute approximate surface area is 581 Å². The van der Waals surface area contributed by atoms with Gasteiger partial charge in [0.2, 0.25) is 0 Å². The maximum absolute atomic E-state index is 5.20. The molecule has 0 aliphatic heterocycles. The summed E-state index contributed by atoms with van der Waals surface area (Å²) >= 11 is 0. The summed E-state index contributed by atoms with van der Waals surface area (Å²) in [4.78, 5) is 12.3. The third-order valence-corrected chi connectivity index (χ3v) is 12.9. The Balaban J connectivity index is -0.000000143. The Hall–Kier alpha value is -5.56. The molecule has 0 atom stereocenters. The Morgan fingerprint density at radius 1 is 0.323 bits per heavy atom. The summed E-state index contributed by atoms with van der Waals surface area (Å²) < 4.78 is 14.8. The van der Waals surface area contributed by atoms with Crippen LogP contribution in [0.1, 0.15) is 348 Å². The molecule has 93 heavy (non-hydrogen) atoms. The second kappa shape index (κ2) is 59.0. The third-order valence-electron chi connectivity index (χ3n) is 12.9. The summed E-state index contributed by atoms with van der Waals surface area (Å²) in [6.45, 7) is 84.7. The molecule has 1 saturated carbocycles. The molecule has 1 aliphatic rings. The standard InChI is InChI=1S/C10H20.C10H14.3C9H13N.2C8H12O.C7H11NO.8C2H6/c2*1-10(2,3)9-7-5-4-6-8-9;1-9(2,3)8-4-6-10-7-5-8;1-9(2,3)8-5-4-6-10-7-8;1-9(2,3)8-6-4-5-7-10-8;1-8(2,3)7-4-5-9-6-7;1-8(2,3)7-5-4-6-9-7;1-7(2,3)6-4-8-9-5-6;8*1-2/h9H,4-8H2,1-3H3;4-8H,1-3H3;3*4-7H,1-3H3;2*4-6H,1-3H3;4-5H,1-3H3;8*1-2H3. The molecule has 6 aromatic heterocycles. The molecule has 7 heteroatoms. The fraction of sp³-hybridized carbons (Fsp3) is 0.628. The first-order valence-electron chi connectivity index (χ1n) is 36.1. The molecule has 0 bridgehead atoms. The second-order valence-corrected chi connectivity index (χ2v) is 28.4. The fourth-order valence-corrected chi connectivity index (χ4v) is 7.34. The van der Waals surface area contributed by atoms with Gasteiger partial charge in [0, 0.05) is 53.1 Å².